The quantitative estimate of drug-likeness (QED) is 0.633. The van der Waals surface area contributed by atoms with E-state index in [1.54, 1.807) is 39.2 Å². The summed E-state index contributed by atoms with van der Waals surface area (Å²) in [5.74, 6) is -1.13. The zero-order valence-electron chi connectivity index (χ0n) is 12.9. The number of carbonyl (C=O) groups excluding carboxylic acids is 1. The average molecular weight is 325 g/mol. The monoisotopic (exact) mass is 325 g/mol. The van der Waals surface area contributed by atoms with Gasteiger partial charge in [-0.2, -0.15) is 0 Å². The fraction of sp³-hybridized carbons (Fsp3) is 0.429. The summed E-state index contributed by atoms with van der Waals surface area (Å²) >= 11 is 1.26. The van der Waals surface area contributed by atoms with Crippen LogP contribution in [0.5, 0.6) is 0 Å². The number of carboxylic acid groups (broad SMARTS) is 1. The molecule has 0 aliphatic carbocycles. The van der Waals surface area contributed by atoms with Crippen molar-refractivity contribution in [3.63, 3.8) is 0 Å². The Labute approximate surface area is 133 Å². The van der Waals surface area contributed by atoms with Gasteiger partial charge in [0.25, 0.3) is 0 Å². The van der Waals surface area contributed by atoms with E-state index < -0.39 is 17.7 Å². The van der Waals surface area contributed by atoms with Gasteiger partial charge in [-0.05, 0) is 27.0 Å². The van der Waals surface area contributed by atoms with Gasteiger partial charge in [-0.1, -0.05) is 23.9 Å². The molecule has 0 saturated heterocycles. The number of hydrogen-bond donors (Lipinski definition) is 2. The second-order valence-electron chi connectivity index (χ2n) is 5.25. The molecule has 1 aromatic heterocycles. The largest absolute Gasteiger partial charge is 0.476 e. The van der Waals surface area contributed by atoms with Crippen LogP contribution in [0.15, 0.2) is 17.4 Å². The number of hydrogen-bond acceptors (Lipinski definition) is 6. The van der Waals surface area contributed by atoms with Crippen LogP contribution in [0.1, 0.15) is 36.8 Å². The maximum Gasteiger partial charge on any atom is 0.407 e. The molecule has 2 N–H and O–H groups in total. The second-order valence-corrected chi connectivity index (χ2v) is 6.02. The zero-order chi connectivity index (χ0) is 16.8. The minimum Gasteiger partial charge on any atom is -0.476 e. The number of thioether (sulfide) groups is 1. The number of alkyl carbamates (subject to hydrolysis) is 1. The Balaban J connectivity index is 2.67. The van der Waals surface area contributed by atoms with Crippen LogP contribution < -0.4 is 5.32 Å². The van der Waals surface area contributed by atoms with E-state index in [0.29, 0.717) is 10.7 Å². The first kappa shape index (κ1) is 18.0. The van der Waals surface area contributed by atoms with Crippen LogP contribution in [0.25, 0.3) is 6.08 Å². The van der Waals surface area contributed by atoms with E-state index in [-0.39, 0.29) is 12.2 Å². The van der Waals surface area contributed by atoms with Gasteiger partial charge < -0.3 is 15.2 Å². The molecule has 0 aromatic carbocycles. The van der Waals surface area contributed by atoms with E-state index in [4.69, 9.17) is 9.84 Å². The summed E-state index contributed by atoms with van der Waals surface area (Å²) < 4.78 is 5.08. The number of nitrogens with zero attached hydrogens (tertiary/aromatic N) is 2. The minimum absolute atomic E-state index is 0.0760. The third kappa shape index (κ3) is 6.13. The number of ether oxygens (including phenoxy) is 1. The Bertz CT molecular complexity index is 582. The highest BCUT2D eigenvalue weighted by atomic mass is 32.2. The molecule has 0 fully saturated rings. The van der Waals surface area contributed by atoms with E-state index in [9.17, 15) is 9.59 Å². The molecule has 7 nitrogen and oxygen atoms in total. The van der Waals surface area contributed by atoms with Gasteiger partial charge >= 0.3 is 12.1 Å². The lowest BCUT2D eigenvalue weighted by molar-refractivity contribution is 0.0533. The molecule has 0 spiro atoms. The van der Waals surface area contributed by atoms with Crippen LogP contribution >= 0.6 is 11.8 Å². The summed E-state index contributed by atoms with van der Waals surface area (Å²) in [4.78, 5) is 30.6. The summed E-state index contributed by atoms with van der Waals surface area (Å²) in [5.41, 5.74) is -0.268. The molecule has 0 aliphatic heterocycles. The Morgan fingerprint density at radius 3 is 2.68 bits per heavy atom. The Morgan fingerprint density at radius 2 is 2.14 bits per heavy atom. The summed E-state index contributed by atoms with van der Waals surface area (Å²) in [7, 11) is 0. The van der Waals surface area contributed by atoms with Crippen LogP contribution in [-0.4, -0.2) is 45.5 Å². The first-order valence-corrected chi connectivity index (χ1v) is 7.73. The molecular formula is C14H19N3O4S. The third-order valence-corrected chi connectivity index (χ3v) is 2.80. The molecule has 1 heterocycles. The topological polar surface area (TPSA) is 101 Å². The molecule has 0 unspecified atom stereocenters. The van der Waals surface area contributed by atoms with E-state index in [2.05, 4.69) is 15.3 Å². The Kier molecular flexibility index (Phi) is 6.36. The smallest absolute Gasteiger partial charge is 0.407 e. The first-order valence-electron chi connectivity index (χ1n) is 6.50. The maximum atomic E-state index is 11.4. The van der Waals surface area contributed by atoms with Gasteiger partial charge in [-0.3, -0.25) is 0 Å². The summed E-state index contributed by atoms with van der Waals surface area (Å²) in [6.45, 7) is 5.52. The molecule has 0 aliphatic rings. The van der Waals surface area contributed by atoms with Crippen molar-refractivity contribution in [1.82, 2.24) is 15.3 Å². The van der Waals surface area contributed by atoms with Crippen molar-refractivity contribution in [2.75, 3.05) is 12.8 Å². The lowest BCUT2D eigenvalue weighted by Crippen LogP contribution is -2.32. The lowest BCUT2D eigenvalue weighted by Gasteiger charge is -2.19. The maximum absolute atomic E-state index is 11.4. The van der Waals surface area contributed by atoms with Crippen LogP contribution in [0.3, 0.4) is 0 Å². The molecule has 1 aromatic rings. The highest BCUT2D eigenvalue weighted by Gasteiger charge is 2.15. The number of aromatic nitrogens is 2. The van der Waals surface area contributed by atoms with Gasteiger partial charge in [-0.25, -0.2) is 19.6 Å². The van der Waals surface area contributed by atoms with E-state index in [0.717, 1.165) is 0 Å². The first-order chi connectivity index (χ1) is 10.2. The van der Waals surface area contributed by atoms with Crippen LogP contribution in [0.4, 0.5) is 4.79 Å². The van der Waals surface area contributed by atoms with Crippen LogP contribution in [0.2, 0.25) is 0 Å². The average Bonchev–Trinajstić information content (AvgIpc) is 2.41. The van der Waals surface area contributed by atoms with Gasteiger partial charge in [0, 0.05) is 18.3 Å². The minimum atomic E-state index is -1.13. The van der Waals surface area contributed by atoms with E-state index >= 15 is 0 Å². The van der Waals surface area contributed by atoms with Crippen molar-refractivity contribution >= 4 is 29.9 Å². The summed E-state index contributed by atoms with van der Waals surface area (Å²) in [6.07, 6.45) is 5.82. The number of carboxylic acids is 1. The molecule has 0 radical (unpaired) electrons. The number of carbonyl (C=O) groups is 2. The van der Waals surface area contributed by atoms with Gasteiger partial charge in [0.15, 0.2) is 10.9 Å². The fourth-order valence-corrected chi connectivity index (χ4v) is 1.75. The van der Waals surface area contributed by atoms with Crippen molar-refractivity contribution in [3.8, 4) is 0 Å². The highest BCUT2D eigenvalue weighted by molar-refractivity contribution is 7.98. The van der Waals surface area contributed by atoms with Gasteiger partial charge in [0.1, 0.15) is 5.60 Å². The van der Waals surface area contributed by atoms with E-state index in [1.807, 2.05) is 0 Å². The van der Waals surface area contributed by atoms with Gasteiger partial charge in [-0.15, -0.1) is 0 Å². The SMILES string of the molecule is CSc1ncc(C=CCNC(=O)OC(C)(C)C)c(C(=O)O)n1. The standard InChI is InChI=1S/C14H19N3O4S/c1-14(2,3)21-13(20)15-7-5-6-9-8-16-12(22-4)17-10(9)11(18)19/h5-6,8H,7H2,1-4H3,(H,15,20)(H,18,19). The second kappa shape index (κ2) is 7.79. The summed E-state index contributed by atoms with van der Waals surface area (Å²) in [6, 6.07) is 0. The molecule has 0 saturated carbocycles. The molecule has 1 amide bonds. The van der Waals surface area contributed by atoms with Crippen LogP contribution in [-0.2, 0) is 4.74 Å². The number of amides is 1. The molecular weight excluding hydrogens is 306 g/mol. The predicted molar refractivity (Wildman–Crippen MR) is 84.0 cm³/mol. The van der Waals surface area contributed by atoms with Crippen molar-refractivity contribution in [2.45, 2.75) is 31.5 Å². The number of aromatic carboxylic acids is 1. The molecule has 1 rings (SSSR count). The normalized spacial score (nSPS) is 11.5. The summed E-state index contributed by atoms with van der Waals surface area (Å²) in [5, 5.41) is 12.1. The zero-order valence-corrected chi connectivity index (χ0v) is 13.7. The molecule has 120 valence electrons. The van der Waals surface area contributed by atoms with Crippen molar-refractivity contribution in [2.24, 2.45) is 0 Å². The van der Waals surface area contributed by atoms with Gasteiger partial charge in [0.2, 0.25) is 0 Å². The van der Waals surface area contributed by atoms with E-state index in [1.165, 1.54) is 18.0 Å². The lowest BCUT2D eigenvalue weighted by atomic mass is 10.2. The van der Waals surface area contributed by atoms with Crippen molar-refractivity contribution in [1.29, 1.82) is 0 Å². The predicted octanol–water partition coefficient (Wildman–Crippen LogP) is 2.43. The Morgan fingerprint density at radius 1 is 1.45 bits per heavy atom. The molecule has 22 heavy (non-hydrogen) atoms. The number of rotatable bonds is 5. The van der Waals surface area contributed by atoms with Crippen LogP contribution in [0, 0.1) is 0 Å². The number of nitrogens with one attached hydrogen (secondary N) is 1. The van der Waals surface area contributed by atoms with Crippen molar-refractivity contribution in [3.05, 3.63) is 23.5 Å². The third-order valence-electron chi connectivity index (χ3n) is 2.24. The Hall–Kier alpha value is -2.09. The highest BCUT2D eigenvalue weighted by Crippen LogP contribution is 2.13. The fourth-order valence-electron chi connectivity index (χ4n) is 1.41. The van der Waals surface area contributed by atoms with Crippen molar-refractivity contribution < 1.29 is 19.4 Å². The van der Waals surface area contributed by atoms with Gasteiger partial charge in [0.05, 0.1) is 0 Å². The molecule has 0 atom stereocenters. The molecule has 8 heteroatoms. The molecule has 0 bridgehead atoms.